The van der Waals surface area contributed by atoms with Gasteiger partial charge >= 0.3 is 0 Å². The molecule has 0 N–H and O–H groups in total. The van der Waals surface area contributed by atoms with Crippen LogP contribution in [0.15, 0.2) is 54.6 Å². The number of rotatable bonds is 4. The molecule has 2 heteroatoms. The first-order chi connectivity index (χ1) is 9.48. The summed E-state index contributed by atoms with van der Waals surface area (Å²) in [6, 6.07) is 17.8. The van der Waals surface area contributed by atoms with Crippen molar-refractivity contribution in [3.05, 3.63) is 54.6 Å². The molecule has 0 aliphatic heterocycles. The van der Waals surface area contributed by atoms with E-state index in [1.807, 2.05) is 75.4 Å². The predicted molar refractivity (Wildman–Crippen MR) is 81.8 cm³/mol. The fourth-order valence-corrected chi connectivity index (χ4v) is 1.81. The fraction of sp³-hybridized carbons (Fsp3) is 0.278. The molecule has 2 aromatic rings. The Labute approximate surface area is 120 Å². The van der Waals surface area contributed by atoms with Crippen molar-refractivity contribution in [3.63, 3.8) is 0 Å². The third-order valence-electron chi connectivity index (χ3n) is 3.17. The van der Waals surface area contributed by atoms with Gasteiger partial charge in [0.15, 0.2) is 5.78 Å². The maximum absolute atomic E-state index is 12.0. The van der Waals surface area contributed by atoms with Gasteiger partial charge in [0.1, 0.15) is 12.4 Å². The molecular formula is C18H20O2. The smallest absolute Gasteiger partial charge is 0.175 e. The Morgan fingerprint density at radius 3 is 2.20 bits per heavy atom. The van der Waals surface area contributed by atoms with E-state index in [9.17, 15) is 4.79 Å². The van der Waals surface area contributed by atoms with E-state index in [2.05, 4.69) is 0 Å². The Kier molecular flexibility index (Phi) is 4.23. The van der Waals surface area contributed by atoms with E-state index in [-0.39, 0.29) is 17.8 Å². The van der Waals surface area contributed by atoms with Crippen LogP contribution in [-0.4, -0.2) is 12.4 Å². The summed E-state index contributed by atoms with van der Waals surface area (Å²) < 4.78 is 5.73. The van der Waals surface area contributed by atoms with Gasteiger partial charge in [-0.05, 0) is 11.6 Å². The average Bonchev–Trinajstić information content (AvgIpc) is 2.45. The minimum absolute atomic E-state index is 0.0976. The van der Waals surface area contributed by atoms with Crippen LogP contribution < -0.4 is 4.74 Å². The lowest BCUT2D eigenvalue weighted by Gasteiger charge is -2.18. The first kappa shape index (κ1) is 14.3. The topological polar surface area (TPSA) is 26.3 Å². The zero-order valence-corrected chi connectivity index (χ0v) is 12.2. The normalized spacial score (nSPS) is 11.2. The van der Waals surface area contributed by atoms with Crippen LogP contribution in [-0.2, 0) is 4.79 Å². The molecule has 104 valence electrons. The van der Waals surface area contributed by atoms with Crippen molar-refractivity contribution in [3.8, 4) is 16.9 Å². The Morgan fingerprint density at radius 2 is 1.55 bits per heavy atom. The second-order valence-electron chi connectivity index (χ2n) is 5.82. The third-order valence-corrected chi connectivity index (χ3v) is 3.17. The zero-order valence-electron chi connectivity index (χ0n) is 12.2. The van der Waals surface area contributed by atoms with Crippen LogP contribution in [0, 0.1) is 5.41 Å². The SMILES string of the molecule is CC(C)(C)C(=O)COc1ccccc1-c1ccccc1. The van der Waals surface area contributed by atoms with Gasteiger partial charge in [0.05, 0.1) is 0 Å². The number of ketones is 1. The number of hydrogen-bond acceptors (Lipinski definition) is 2. The number of carbonyl (C=O) groups excluding carboxylic acids is 1. The van der Waals surface area contributed by atoms with Crippen molar-refractivity contribution < 1.29 is 9.53 Å². The summed E-state index contributed by atoms with van der Waals surface area (Å²) in [5.41, 5.74) is 1.72. The highest BCUT2D eigenvalue weighted by Gasteiger charge is 2.21. The molecule has 0 unspecified atom stereocenters. The molecule has 0 saturated heterocycles. The first-order valence-corrected chi connectivity index (χ1v) is 6.79. The number of hydrogen-bond donors (Lipinski definition) is 0. The third kappa shape index (κ3) is 3.47. The van der Waals surface area contributed by atoms with Crippen molar-refractivity contribution in [1.29, 1.82) is 0 Å². The molecule has 0 atom stereocenters. The molecule has 0 radical (unpaired) electrons. The zero-order chi connectivity index (χ0) is 14.6. The number of benzene rings is 2. The highest BCUT2D eigenvalue weighted by molar-refractivity contribution is 5.85. The van der Waals surface area contributed by atoms with E-state index in [0.29, 0.717) is 0 Å². The Balaban J connectivity index is 2.20. The van der Waals surface area contributed by atoms with E-state index in [1.54, 1.807) is 0 Å². The molecule has 0 spiro atoms. The number of Topliss-reactive ketones (excluding diaryl/α,β-unsaturated/α-hetero) is 1. The van der Waals surface area contributed by atoms with Gasteiger partial charge < -0.3 is 4.74 Å². The molecule has 0 aromatic heterocycles. The molecule has 0 fully saturated rings. The molecule has 0 aliphatic carbocycles. The van der Waals surface area contributed by atoms with E-state index >= 15 is 0 Å². The fourth-order valence-electron chi connectivity index (χ4n) is 1.81. The highest BCUT2D eigenvalue weighted by atomic mass is 16.5. The van der Waals surface area contributed by atoms with E-state index < -0.39 is 0 Å². The lowest BCUT2D eigenvalue weighted by atomic mass is 9.91. The number of carbonyl (C=O) groups is 1. The van der Waals surface area contributed by atoms with Crippen LogP contribution in [0.2, 0.25) is 0 Å². The van der Waals surface area contributed by atoms with Crippen molar-refractivity contribution in [2.24, 2.45) is 5.41 Å². The molecule has 2 nitrogen and oxygen atoms in total. The summed E-state index contributed by atoms with van der Waals surface area (Å²) in [4.78, 5) is 12.0. The van der Waals surface area contributed by atoms with E-state index in [1.165, 1.54) is 0 Å². The van der Waals surface area contributed by atoms with Crippen LogP contribution in [0.25, 0.3) is 11.1 Å². The molecule has 0 heterocycles. The van der Waals surface area contributed by atoms with Gasteiger partial charge in [0, 0.05) is 11.0 Å². The Hall–Kier alpha value is -2.09. The highest BCUT2D eigenvalue weighted by Crippen LogP contribution is 2.29. The van der Waals surface area contributed by atoms with Gasteiger partial charge in [-0.1, -0.05) is 69.3 Å². The second-order valence-corrected chi connectivity index (χ2v) is 5.82. The van der Waals surface area contributed by atoms with E-state index in [4.69, 9.17) is 4.74 Å². The lowest BCUT2D eigenvalue weighted by Crippen LogP contribution is -2.26. The Bertz CT molecular complexity index is 580. The molecular weight excluding hydrogens is 248 g/mol. The minimum Gasteiger partial charge on any atom is -0.485 e. The van der Waals surface area contributed by atoms with Gasteiger partial charge in [-0.2, -0.15) is 0 Å². The van der Waals surface area contributed by atoms with Gasteiger partial charge in [0.25, 0.3) is 0 Å². The summed E-state index contributed by atoms with van der Waals surface area (Å²) >= 11 is 0. The summed E-state index contributed by atoms with van der Waals surface area (Å²) in [5, 5.41) is 0. The van der Waals surface area contributed by atoms with Gasteiger partial charge in [-0.15, -0.1) is 0 Å². The summed E-state index contributed by atoms with van der Waals surface area (Å²) in [7, 11) is 0. The Morgan fingerprint density at radius 1 is 0.950 bits per heavy atom. The van der Waals surface area contributed by atoms with Gasteiger partial charge in [-0.3, -0.25) is 4.79 Å². The van der Waals surface area contributed by atoms with Crippen molar-refractivity contribution >= 4 is 5.78 Å². The molecule has 0 aliphatic rings. The van der Waals surface area contributed by atoms with Crippen LogP contribution in [0.1, 0.15) is 20.8 Å². The molecule has 20 heavy (non-hydrogen) atoms. The van der Waals surface area contributed by atoms with Crippen LogP contribution in [0.3, 0.4) is 0 Å². The van der Waals surface area contributed by atoms with Crippen molar-refractivity contribution in [2.75, 3.05) is 6.61 Å². The van der Waals surface area contributed by atoms with Crippen LogP contribution in [0.4, 0.5) is 0 Å². The monoisotopic (exact) mass is 268 g/mol. The molecule has 2 aromatic carbocycles. The molecule has 0 bridgehead atoms. The molecule has 0 amide bonds. The molecule has 0 saturated carbocycles. The number of para-hydroxylation sites is 1. The largest absolute Gasteiger partial charge is 0.485 e. The van der Waals surface area contributed by atoms with Crippen molar-refractivity contribution in [1.82, 2.24) is 0 Å². The maximum atomic E-state index is 12.0. The standard InChI is InChI=1S/C18H20O2/c1-18(2,3)17(19)13-20-16-12-8-7-11-15(16)14-9-5-4-6-10-14/h4-12H,13H2,1-3H3. The van der Waals surface area contributed by atoms with E-state index in [0.717, 1.165) is 16.9 Å². The lowest BCUT2D eigenvalue weighted by molar-refractivity contribution is -0.128. The molecule has 2 rings (SSSR count). The summed E-state index contributed by atoms with van der Waals surface area (Å²) in [5.74, 6) is 0.844. The van der Waals surface area contributed by atoms with Gasteiger partial charge in [0.2, 0.25) is 0 Å². The number of ether oxygens (including phenoxy) is 1. The van der Waals surface area contributed by atoms with Gasteiger partial charge in [-0.25, -0.2) is 0 Å². The van der Waals surface area contributed by atoms with Crippen molar-refractivity contribution in [2.45, 2.75) is 20.8 Å². The summed E-state index contributed by atoms with van der Waals surface area (Å²) in [6.07, 6.45) is 0. The quantitative estimate of drug-likeness (QED) is 0.824. The second kappa shape index (κ2) is 5.91. The average molecular weight is 268 g/mol. The van der Waals surface area contributed by atoms with Crippen LogP contribution in [0.5, 0.6) is 5.75 Å². The predicted octanol–water partition coefficient (Wildman–Crippen LogP) is 4.35. The minimum atomic E-state index is -0.373. The van der Waals surface area contributed by atoms with Crippen LogP contribution >= 0.6 is 0 Å². The first-order valence-electron chi connectivity index (χ1n) is 6.79. The maximum Gasteiger partial charge on any atom is 0.175 e. The summed E-state index contributed by atoms with van der Waals surface area (Å²) in [6.45, 7) is 5.82.